The Morgan fingerprint density at radius 2 is 1.45 bits per heavy atom. The number of Topliss-reactive ketones (excluding diaryl/α,β-unsaturated/α-hetero) is 1. The Morgan fingerprint density at radius 3 is 2.14 bits per heavy atom. The van der Waals surface area contributed by atoms with Crippen molar-refractivity contribution in [1.82, 2.24) is 9.80 Å². The summed E-state index contributed by atoms with van der Waals surface area (Å²) in [4.78, 5) is 30.9. The van der Waals surface area contributed by atoms with Crippen LogP contribution in [0.15, 0.2) is 115 Å². The number of rotatable bonds is 13. The van der Waals surface area contributed by atoms with E-state index in [2.05, 4.69) is 18.7 Å². The van der Waals surface area contributed by atoms with Gasteiger partial charge in [-0.05, 0) is 85.7 Å². The van der Waals surface area contributed by atoms with Gasteiger partial charge in [0, 0.05) is 12.1 Å². The van der Waals surface area contributed by atoms with E-state index in [0.717, 1.165) is 25.2 Å². The topological polar surface area (TPSA) is 79.3 Å². The molecule has 0 saturated carbocycles. The largest absolute Gasteiger partial charge is 0.507 e. The Hall–Kier alpha value is -4.88. The van der Waals surface area contributed by atoms with E-state index in [-0.39, 0.29) is 11.3 Å². The van der Waals surface area contributed by atoms with Crippen molar-refractivity contribution in [3.8, 4) is 17.2 Å². The fraction of sp³-hybridized carbons (Fsp3) is 0.243. The van der Waals surface area contributed by atoms with Crippen LogP contribution in [0.25, 0.3) is 5.76 Å². The minimum atomic E-state index is -0.764. The number of benzene rings is 4. The van der Waals surface area contributed by atoms with Gasteiger partial charge in [0.2, 0.25) is 0 Å². The lowest BCUT2D eigenvalue weighted by molar-refractivity contribution is -0.140. The quantitative estimate of drug-likeness (QED) is 0.101. The number of aliphatic hydroxyl groups is 1. The van der Waals surface area contributed by atoms with E-state index in [0.29, 0.717) is 47.9 Å². The molecule has 0 aliphatic carbocycles. The average molecular weight is 591 g/mol. The number of nitrogens with zero attached hydrogens (tertiary/aromatic N) is 2. The maximum Gasteiger partial charge on any atom is 0.295 e. The molecule has 1 heterocycles. The number of hydrogen-bond donors (Lipinski definition) is 1. The van der Waals surface area contributed by atoms with Crippen LogP contribution in [0.1, 0.15) is 43.0 Å². The highest BCUT2D eigenvalue weighted by molar-refractivity contribution is 6.46. The predicted octanol–water partition coefficient (Wildman–Crippen LogP) is 7.21. The molecule has 4 aromatic rings. The van der Waals surface area contributed by atoms with Gasteiger partial charge in [-0.3, -0.25) is 9.59 Å². The van der Waals surface area contributed by atoms with Crippen LogP contribution in [0.5, 0.6) is 17.2 Å². The molecule has 1 aliphatic rings. The van der Waals surface area contributed by atoms with Crippen LogP contribution in [0.4, 0.5) is 0 Å². The second kappa shape index (κ2) is 14.5. The van der Waals surface area contributed by atoms with Gasteiger partial charge < -0.3 is 24.4 Å². The first-order chi connectivity index (χ1) is 21.5. The molecule has 44 heavy (non-hydrogen) atoms. The molecule has 0 bridgehead atoms. The fourth-order valence-corrected chi connectivity index (χ4v) is 5.44. The van der Waals surface area contributed by atoms with Crippen molar-refractivity contribution in [2.75, 3.05) is 26.2 Å². The van der Waals surface area contributed by atoms with Gasteiger partial charge in [0.25, 0.3) is 11.7 Å². The van der Waals surface area contributed by atoms with E-state index in [1.54, 1.807) is 29.2 Å². The summed E-state index contributed by atoms with van der Waals surface area (Å²) in [6, 6.07) is 32.8. The molecule has 0 unspecified atom stereocenters. The van der Waals surface area contributed by atoms with Crippen molar-refractivity contribution >= 4 is 17.4 Å². The normalized spacial score (nSPS) is 16.0. The highest BCUT2D eigenvalue weighted by atomic mass is 16.5. The average Bonchev–Trinajstić information content (AvgIpc) is 3.32. The minimum Gasteiger partial charge on any atom is -0.507 e. The molecule has 5 rings (SSSR count). The summed E-state index contributed by atoms with van der Waals surface area (Å²) < 4.78 is 12.0. The molecule has 1 aliphatic heterocycles. The number of para-hydroxylation sites is 1. The Kier molecular flexibility index (Phi) is 10.1. The SMILES string of the molecule is CCN(CC)CCCN1C(=O)C(=O)C(=C(O)c2ccc(OCc3ccccc3)cc2)[C@@H]1c1cccc(Oc2ccccc2)c1. The van der Waals surface area contributed by atoms with E-state index < -0.39 is 17.7 Å². The summed E-state index contributed by atoms with van der Waals surface area (Å²) in [5, 5.41) is 11.6. The summed E-state index contributed by atoms with van der Waals surface area (Å²) in [5.74, 6) is 0.338. The summed E-state index contributed by atoms with van der Waals surface area (Å²) in [6.07, 6.45) is 0.693. The summed E-state index contributed by atoms with van der Waals surface area (Å²) >= 11 is 0. The molecule has 1 saturated heterocycles. The molecule has 0 radical (unpaired) electrons. The molecule has 1 atom stereocenters. The summed E-state index contributed by atoms with van der Waals surface area (Å²) in [6.45, 7) is 7.60. The molecule has 1 fully saturated rings. The van der Waals surface area contributed by atoms with Crippen LogP contribution >= 0.6 is 0 Å². The van der Waals surface area contributed by atoms with Gasteiger partial charge in [-0.1, -0.05) is 74.5 Å². The van der Waals surface area contributed by atoms with Crippen LogP contribution in [-0.2, 0) is 16.2 Å². The monoisotopic (exact) mass is 590 g/mol. The van der Waals surface area contributed by atoms with Crippen molar-refractivity contribution in [1.29, 1.82) is 0 Å². The highest BCUT2D eigenvalue weighted by Gasteiger charge is 2.46. The Morgan fingerprint density at radius 1 is 0.795 bits per heavy atom. The third kappa shape index (κ3) is 7.18. The number of hydrogen-bond acceptors (Lipinski definition) is 6. The number of ketones is 1. The Labute approximate surface area is 259 Å². The first-order valence-corrected chi connectivity index (χ1v) is 15.1. The molecule has 7 heteroatoms. The molecule has 226 valence electrons. The van der Waals surface area contributed by atoms with Crippen molar-refractivity contribution in [2.45, 2.75) is 32.9 Å². The third-order valence-electron chi connectivity index (χ3n) is 7.84. The van der Waals surface area contributed by atoms with E-state index >= 15 is 0 Å². The van der Waals surface area contributed by atoms with Gasteiger partial charge in [-0.25, -0.2) is 0 Å². The summed E-state index contributed by atoms with van der Waals surface area (Å²) in [5.41, 5.74) is 2.22. The number of carbonyl (C=O) groups is 2. The first-order valence-electron chi connectivity index (χ1n) is 15.1. The van der Waals surface area contributed by atoms with Crippen LogP contribution in [0.2, 0.25) is 0 Å². The van der Waals surface area contributed by atoms with Crippen molar-refractivity contribution in [2.24, 2.45) is 0 Å². The third-order valence-corrected chi connectivity index (χ3v) is 7.84. The number of amides is 1. The maximum absolute atomic E-state index is 13.6. The maximum atomic E-state index is 13.6. The number of ether oxygens (including phenoxy) is 2. The lowest BCUT2D eigenvalue weighted by atomic mass is 9.95. The number of likely N-dealkylation sites (tertiary alicyclic amines) is 1. The molecule has 4 aromatic carbocycles. The van der Waals surface area contributed by atoms with Gasteiger partial charge >= 0.3 is 0 Å². The predicted molar refractivity (Wildman–Crippen MR) is 172 cm³/mol. The van der Waals surface area contributed by atoms with Gasteiger partial charge in [-0.2, -0.15) is 0 Å². The molecule has 0 spiro atoms. The molecule has 7 nitrogen and oxygen atoms in total. The van der Waals surface area contributed by atoms with Crippen molar-refractivity contribution in [3.05, 3.63) is 131 Å². The van der Waals surface area contributed by atoms with Crippen LogP contribution < -0.4 is 9.47 Å². The van der Waals surface area contributed by atoms with E-state index in [1.807, 2.05) is 84.9 Å². The van der Waals surface area contributed by atoms with Gasteiger partial charge in [0.05, 0.1) is 11.6 Å². The lowest BCUT2D eigenvalue weighted by Crippen LogP contribution is -2.33. The molecular formula is C37H38N2O5. The number of carbonyl (C=O) groups excluding carboxylic acids is 2. The highest BCUT2D eigenvalue weighted by Crippen LogP contribution is 2.41. The zero-order valence-corrected chi connectivity index (χ0v) is 25.2. The van der Waals surface area contributed by atoms with Gasteiger partial charge in [0.1, 0.15) is 29.6 Å². The molecular weight excluding hydrogens is 552 g/mol. The minimum absolute atomic E-state index is 0.0626. The zero-order chi connectivity index (χ0) is 30.9. The zero-order valence-electron chi connectivity index (χ0n) is 25.2. The van der Waals surface area contributed by atoms with Crippen LogP contribution in [0, 0.1) is 0 Å². The van der Waals surface area contributed by atoms with E-state index in [4.69, 9.17) is 9.47 Å². The smallest absolute Gasteiger partial charge is 0.295 e. The van der Waals surface area contributed by atoms with E-state index in [9.17, 15) is 14.7 Å². The molecule has 1 N–H and O–H groups in total. The fourth-order valence-electron chi connectivity index (χ4n) is 5.44. The van der Waals surface area contributed by atoms with Crippen molar-refractivity contribution < 1.29 is 24.2 Å². The second-order valence-electron chi connectivity index (χ2n) is 10.7. The summed E-state index contributed by atoms with van der Waals surface area (Å²) in [7, 11) is 0. The number of aliphatic hydroxyl groups excluding tert-OH is 1. The Bertz CT molecular complexity index is 1580. The van der Waals surface area contributed by atoms with Crippen LogP contribution in [-0.4, -0.2) is 52.8 Å². The first kappa shape index (κ1) is 30.6. The van der Waals surface area contributed by atoms with Crippen molar-refractivity contribution in [3.63, 3.8) is 0 Å². The second-order valence-corrected chi connectivity index (χ2v) is 10.7. The molecule has 1 amide bonds. The van der Waals surface area contributed by atoms with Crippen LogP contribution in [0.3, 0.4) is 0 Å². The lowest BCUT2D eigenvalue weighted by Gasteiger charge is -2.27. The molecule has 0 aromatic heterocycles. The Balaban J connectivity index is 1.46. The van der Waals surface area contributed by atoms with Gasteiger partial charge in [0.15, 0.2) is 0 Å². The van der Waals surface area contributed by atoms with E-state index in [1.165, 1.54) is 0 Å². The van der Waals surface area contributed by atoms with Gasteiger partial charge in [-0.15, -0.1) is 0 Å². The standard InChI is InChI=1S/C37H38N2O5/c1-3-38(4-2)23-12-24-39-34(29-15-11-18-32(25-29)44-31-16-9-6-10-17-31)33(36(41)37(39)42)35(40)28-19-21-30(22-20-28)43-26-27-13-7-5-8-14-27/h5-11,13-22,25,34,40H,3-4,12,23-24,26H2,1-2H3/t34-/m0/s1.